The number of aryl methyl sites for hydroxylation is 3. The number of halogens is 1. The van der Waals surface area contributed by atoms with Crippen LogP contribution in [0.2, 0.25) is 5.02 Å². The summed E-state index contributed by atoms with van der Waals surface area (Å²) >= 11 is 6.06. The molecule has 0 N–H and O–H groups in total. The van der Waals surface area contributed by atoms with Gasteiger partial charge in [-0.15, -0.1) is 0 Å². The minimum absolute atomic E-state index is 0.458. The summed E-state index contributed by atoms with van der Waals surface area (Å²) in [5, 5.41) is 0.686. The maximum Gasteiger partial charge on any atom is 0.336 e. The lowest BCUT2D eigenvalue weighted by Gasteiger charge is -2.06. The van der Waals surface area contributed by atoms with Crippen LogP contribution in [0, 0.1) is 20.8 Å². The Morgan fingerprint density at radius 1 is 1.20 bits per heavy atom. The van der Waals surface area contributed by atoms with Gasteiger partial charge in [0.05, 0.1) is 0 Å². The lowest BCUT2D eigenvalue weighted by Crippen LogP contribution is -2.04. The minimum atomic E-state index is -0.458. The van der Waals surface area contributed by atoms with Gasteiger partial charge in [-0.3, -0.25) is 0 Å². The summed E-state index contributed by atoms with van der Waals surface area (Å²) < 4.78 is 10.6. The van der Waals surface area contributed by atoms with Crippen LogP contribution in [0.25, 0.3) is 6.08 Å². The fourth-order valence-electron chi connectivity index (χ4n) is 1.81. The summed E-state index contributed by atoms with van der Waals surface area (Å²) in [6.07, 6.45) is 2.91. The molecule has 0 saturated carbocycles. The van der Waals surface area contributed by atoms with Gasteiger partial charge in [-0.1, -0.05) is 11.6 Å². The Balaban J connectivity index is 2.06. The maximum atomic E-state index is 11.7. The topological polar surface area (TPSA) is 39.4 Å². The average molecular weight is 291 g/mol. The average Bonchev–Trinajstić information content (AvgIpc) is 2.79. The van der Waals surface area contributed by atoms with Gasteiger partial charge in [0.15, 0.2) is 0 Å². The molecule has 2 aromatic rings. The molecule has 0 bridgehead atoms. The highest BCUT2D eigenvalue weighted by Gasteiger charge is 2.06. The number of rotatable bonds is 3. The van der Waals surface area contributed by atoms with Crippen LogP contribution in [0.4, 0.5) is 0 Å². The Labute approximate surface area is 122 Å². The zero-order valence-electron chi connectivity index (χ0n) is 11.6. The molecule has 1 heterocycles. The van der Waals surface area contributed by atoms with Gasteiger partial charge in [-0.25, -0.2) is 4.79 Å². The largest absolute Gasteiger partial charge is 0.462 e. The number of esters is 1. The van der Waals surface area contributed by atoms with Crippen LogP contribution in [0.1, 0.15) is 22.6 Å². The highest BCUT2D eigenvalue weighted by atomic mass is 35.5. The highest BCUT2D eigenvalue weighted by Crippen LogP contribution is 2.26. The first-order valence-corrected chi connectivity index (χ1v) is 6.56. The monoisotopic (exact) mass is 290 g/mol. The maximum absolute atomic E-state index is 11.7. The molecule has 0 amide bonds. The van der Waals surface area contributed by atoms with Crippen LogP contribution in [0.3, 0.4) is 0 Å². The van der Waals surface area contributed by atoms with Gasteiger partial charge in [-0.2, -0.15) is 0 Å². The van der Waals surface area contributed by atoms with E-state index in [0.29, 0.717) is 16.5 Å². The molecule has 104 valence electrons. The van der Waals surface area contributed by atoms with Crippen molar-refractivity contribution in [3.8, 4) is 5.75 Å². The second kappa shape index (κ2) is 5.97. The lowest BCUT2D eigenvalue weighted by atomic mass is 10.1. The number of hydrogen-bond donors (Lipinski definition) is 0. The van der Waals surface area contributed by atoms with E-state index in [9.17, 15) is 4.79 Å². The Morgan fingerprint density at radius 2 is 1.85 bits per heavy atom. The number of ether oxygens (including phenoxy) is 1. The SMILES string of the molecule is Cc1ccc(C=CC(=O)Oc2cc(C)c(Cl)c(C)c2)o1. The number of carbonyl (C=O) groups is 1. The Hall–Kier alpha value is -2.00. The third kappa shape index (κ3) is 3.52. The van der Waals surface area contributed by atoms with Crippen molar-refractivity contribution in [2.24, 2.45) is 0 Å². The normalized spacial score (nSPS) is 11.0. The molecule has 2 rings (SSSR count). The van der Waals surface area contributed by atoms with E-state index in [1.807, 2.05) is 26.8 Å². The van der Waals surface area contributed by atoms with E-state index in [1.54, 1.807) is 24.3 Å². The molecule has 0 aliphatic rings. The summed E-state index contributed by atoms with van der Waals surface area (Å²) in [6, 6.07) is 7.09. The predicted molar refractivity (Wildman–Crippen MR) is 79.0 cm³/mol. The van der Waals surface area contributed by atoms with Crippen molar-refractivity contribution in [1.29, 1.82) is 0 Å². The van der Waals surface area contributed by atoms with Crippen LogP contribution < -0.4 is 4.74 Å². The fraction of sp³-hybridized carbons (Fsp3) is 0.188. The van der Waals surface area contributed by atoms with Gasteiger partial charge in [0, 0.05) is 11.1 Å². The number of hydrogen-bond acceptors (Lipinski definition) is 3. The first-order chi connectivity index (χ1) is 9.45. The summed E-state index contributed by atoms with van der Waals surface area (Å²) in [7, 11) is 0. The molecule has 0 fully saturated rings. The molecule has 1 aromatic heterocycles. The first-order valence-electron chi connectivity index (χ1n) is 6.19. The molecule has 0 aliphatic heterocycles. The third-order valence-corrected chi connectivity index (χ3v) is 3.37. The van der Waals surface area contributed by atoms with Gasteiger partial charge in [0.2, 0.25) is 0 Å². The minimum Gasteiger partial charge on any atom is -0.462 e. The van der Waals surface area contributed by atoms with Gasteiger partial charge in [0.25, 0.3) is 0 Å². The van der Waals surface area contributed by atoms with E-state index in [0.717, 1.165) is 16.9 Å². The highest BCUT2D eigenvalue weighted by molar-refractivity contribution is 6.32. The fourth-order valence-corrected chi connectivity index (χ4v) is 1.92. The lowest BCUT2D eigenvalue weighted by molar-refractivity contribution is -0.128. The van der Waals surface area contributed by atoms with E-state index < -0.39 is 5.97 Å². The van der Waals surface area contributed by atoms with Crippen molar-refractivity contribution < 1.29 is 13.9 Å². The van der Waals surface area contributed by atoms with Crippen LogP contribution in [0.15, 0.2) is 34.8 Å². The number of benzene rings is 1. The first kappa shape index (κ1) is 14.4. The van der Waals surface area contributed by atoms with Gasteiger partial charge < -0.3 is 9.15 Å². The van der Waals surface area contributed by atoms with E-state index in [4.69, 9.17) is 20.8 Å². The second-order valence-corrected chi connectivity index (χ2v) is 4.95. The van der Waals surface area contributed by atoms with Crippen molar-refractivity contribution in [3.05, 3.63) is 58.0 Å². The molecule has 0 unspecified atom stereocenters. The van der Waals surface area contributed by atoms with Crippen molar-refractivity contribution in [2.45, 2.75) is 20.8 Å². The number of carbonyl (C=O) groups excluding carboxylic acids is 1. The Morgan fingerprint density at radius 3 is 2.40 bits per heavy atom. The smallest absolute Gasteiger partial charge is 0.336 e. The molecule has 0 atom stereocenters. The van der Waals surface area contributed by atoms with Gasteiger partial charge >= 0.3 is 5.97 Å². The molecule has 20 heavy (non-hydrogen) atoms. The van der Waals surface area contributed by atoms with E-state index in [-0.39, 0.29) is 0 Å². The van der Waals surface area contributed by atoms with Gasteiger partial charge in [-0.05, 0) is 62.2 Å². The van der Waals surface area contributed by atoms with E-state index >= 15 is 0 Å². The van der Waals surface area contributed by atoms with Crippen LogP contribution in [-0.2, 0) is 4.79 Å². The van der Waals surface area contributed by atoms with E-state index in [1.165, 1.54) is 6.08 Å². The summed E-state index contributed by atoms with van der Waals surface area (Å²) in [5.41, 5.74) is 1.75. The second-order valence-electron chi connectivity index (χ2n) is 4.57. The van der Waals surface area contributed by atoms with Crippen molar-refractivity contribution in [3.63, 3.8) is 0 Å². The van der Waals surface area contributed by atoms with Crippen molar-refractivity contribution in [1.82, 2.24) is 0 Å². The molecule has 0 aliphatic carbocycles. The zero-order valence-corrected chi connectivity index (χ0v) is 12.3. The Bertz CT molecular complexity index is 645. The standard InChI is InChI=1S/C16H15ClO3/c1-10-8-14(9-11(2)16(10)17)20-15(18)7-6-13-5-4-12(3)19-13/h4-9H,1-3H3. The summed E-state index contributed by atoms with van der Waals surface area (Å²) in [6.45, 7) is 5.58. The summed E-state index contributed by atoms with van der Waals surface area (Å²) in [5.74, 6) is 1.43. The molecule has 0 spiro atoms. The molecule has 4 heteroatoms. The molecule has 1 aromatic carbocycles. The van der Waals surface area contributed by atoms with Crippen LogP contribution in [-0.4, -0.2) is 5.97 Å². The third-order valence-electron chi connectivity index (χ3n) is 2.77. The van der Waals surface area contributed by atoms with Crippen molar-refractivity contribution >= 4 is 23.6 Å². The Kier molecular flexibility index (Phi) is 4.30. The van der Waals surface area contributed by atoms with E-state index in [2.05, 4.69) is 0 Å². The van der Waals surface area contributed by atoms with Crippen LogP contribution >= 0.6 is 11.6 Å². The number of furan rings is 1. The molecule has 0 radical (unpaired) electrons. The van der Waals surface area contributed by atoms with Crippen molar-refractivity contribution in [2.75, 3.05) is 0 Å². The van der Waals surface area contributed by atoms with Gasteiger partial charge in [0.1, 0.15) is 17.3 Å². The van der Waals surface area contributed by atoms with Crippen LogP contribution in [0.5, 0.6) is 5.75 Å². The summed E-state index contributed by atoms with van der Waals surface area (Å²) in [4.78, 5) is 11.7. The molecular formula is C16H15ClO3. The molecular weight excluding hydrogens is 276 g/mol. The zero-order chi connectivity index (χ0) is 14.7. The predicted octanol–water partition coefficient (Wildman–Crippen LogP) is 4.48. The quantitative estimate of drug-likeness (QED) is 0.475. The molecule has 0 saturated heterocycles. The molecule has 3 nitrogen and oxygen atoms in total.